The van der Waals surface area contributed by atoms with Gasteiger partial charge >= 0.3 is 0 Å². The fraction of sp³-hybridized carbons (Fsp3) is 0.538. The number of alkyl halides is 2. The molecule has 2 spiro atoms. The second-order valence-electron chi connectivity index (χ2n) is 16.1. The number of piperidine rings is 1. The number of aromatic nitrogens is 2. The molecule has 12 heteroatoms. The van der Waals surface area contributed by atoms with Gasteiger partial charge in [0.15, 0.2) is 5.75 Å². The van der Waals surface area contributed by atoms with Crippen LogP contribution in [-0.2, 0) is 4.79 Å². The number of ether oxygens (including phenoxy) is 1. The van der Waals surface area contributed by atoms with Crippen molar-refractivity contribution >= 4 is 40.5 Å². The predicted octanol–water partition coefficient (Wildman–Crippen LogP) is 5.61. The molecule has 0 radical (unpaired) electrons. The monoisotopic (exact) mass is 696 g/mol. The van der Waals surface area contributed by atoms with E-state index in [1.165, 1.54) is 38.2 Å². The molecule has 0 atom stereocenters. The van der Waals surface area contributed by atoms with E-state index in [0.717, 1.165) is 92.8 Å². The summed E-state index contributed by atoms with van der Waals surface area (Å²) >= 11 is 0. The van der Waals surface area contributed by atoms with Crippen LogP contribution >= 0.6 is 0 Å². The molecule has 3 aromatic rings. The zero-order chi connectivity index (χ0) is 35.2. The first-order chi connectivity index (χ1) is 24.6. The fourth-order valence-corrected chi connectivity index (χ4v) is 9.08. The van der Waals surface area contributed by atoms with E-state index in [-0.39, 0.29) is 17.2 Å². The molecule has 1 amide bonds. The predicted molar refractivity (Wildman–Crippen MR) is 195 cm³/mol. The molecule has 0 unspecified atom stereocenters. The van der Waals surface area contributed by atoms with Gasteiger partial charge in [-0.2, -0.15) is 4.98 Å². The average molecular weight is 697 g/mol. The molecule has 9 rings (SSSR count). The van der Waals surface area contributed by atoms with Crippen LogP contribution in [0.5, 0.6) is 5.75 Å². The highest BCUT2D eigenvalue weighted by Gasteiger charge is 2.55. The van der Waals surface area contributed by atoms with Crippen molar-refractivity contribution in [2.24, 2.45) is 10.8 Å². The minimum atomic E-state index is -2.68. The summed E-state index contributed by atoms with van der Waals surface area (Å²) in [7, 11) is 0. The lowest BCUT2D eigenvalue weighted by Gasteiger charge is -2.54. The third kappa shape index (κ3) is 5.52. The van der Waals surface area contributed by atoms with Crippen LogP contribution in [0.3, 0.4) is 0 Å². The Morgan fingerprint density at radius 2 is 1.76 bits per heavy atom. The molecule has 0 bridgehead atoms. The van der Waals surface area contributed by atoms with Gasteiger partial charge in [-0.25, -0.2) is 13.8 Å². The minimum Gasteiger partial charge on any atom is -0.485 e. The second kappa shape index (κ2) is 11.9. The lowest BCUT2D eigenvalue weighted by Crippen LogP contribution is -2.66. The Morgan fingerprint density at radius 3 is 2.39 bits per heavy atom. The van der Waals surface area contributed by atoms with Gasteiger partial charge in [-0.15, -0.1) is 0 Å². The van der Waals surface area contributed by atoms with Gasteiger partial charge in [-0.05, 0) is 91.7 Å². The molecular weight excluding hydrogens is 650 g/mol. The SMILES string of the molecule is C=CC(=O)N1CC2(CCN(c3nc(N4CC(N5CC6(CC6)C5)C4)nc4c(OCC(F)F)c(-c5c(C)ccc(N)c5C=N)c(C5CC5)cc34)CC2)C1. The van der Waals surface area contributed by atoms with Crippen molar-refractivity contribution < 1.29 is 18.3 Å². The molecule has 2 aliphatic carbocycles. The van der Waals surface area contributed by atoms with Gasteiger partial charge in [-0.3, -0.25) is 9.69 Å². The Hall–Kier alpha value is -4.32. The summed E-state index contributed by atoms with van der Waals surface area (Å²) in [5, 5.41) is 9.13. The number of aryl methyl sites for hydroxylation is 1. The molecule has 10 nitrogen and oxygen atoms in total. The topological polar surface area (TPSA) is 115 Å². The maximum atomic E-state index is 14.0. The molecule has 5 heterocycles. The van der Waals surface area contributed by atoms with E-state index in [1.807, 2.05) is 17.9 Å². The number of nitrogen functional groups attached to an aromatic ring is 1. The molecule has 6 fully saturated rings. The van der Waals surface area contributed by atoms with E-state index >= 15 is 0 Å². The van der Waals surface area contributed by atoms with Gasteiger partial charge in [0.05, 0.1) is 0 Å². The van der Waals surface area contributed by atoms with E-state index in [4.69, 9.17) is 25.8 Å². The number of nitrogens with two attached hydrogens (primary N) is 1. The van der Waals surface area contributed by atoms with Crippen molar-refractivity contribution in [2.45, 2.75) is 63.8 Å². The number of fused-ring (bicyclic) bond motifs is 1. The van der Waals surface area contributed by atoms with E-state index in [1.54, 1.807) is 6.07 Å². The van der Waals surface area contributed by atoms with Gasteiger partial charge in [0.2, 0.25) is 11.9 Å². The highest BCUT2D eigenvalue weighted by atomic mass is 19.3. The summed E-state index contributed by atoms with van der Waals surface area (Å²) < 4.78 is 34.2. The number of carbonyl (C=O) groups is 1. The zero-order valence-electron chi connectivity index (χ0n) is 29.3. The summed E-state index contributed by atoms with van der Waals surface area (Å²) in [4.78, 5) is 31.7. The Labute approximate surface area is 297 Å². The Bertz CT molecular complexity index is 1930. The van der Waals surface area contributed by atoms with E-state index in [2.05, 4.69) is 27.3 Å². The molecule has 3 N–H and O–H groups in total. The number of anilines is 3. The number of rotatable bonds is 10. The Kier molecular flexibility index (Phi) is 7.58. The first-order valence-corrected chi connectivity index (χ1v) is 18.4. The summed E-state index contributed by atoms with van der Waals surface area (Å²) in [6.45, 7) is 11.8. The standard InChI is InChI=1S/C39H46F2N8O2/c1-3-31(50)49-21-39(22-49)10-12-46(13-11-39)36-27-14-26(24-5-6-24)33(32-23(2)4-7-29(43)28(32)15-42)35(51-18-30(40)41)34(27)44-37(45-36)47-16-25(17-47)48-19-38(20-48)8-9-38/h3-4,7,14-15,24-25,30,42H,1,5-6,8-13,16-22,43H2,2H3. The molecule has 2 saturated carbocycles. The van der Waals surface area contributed by atoms with Crippen molar-refractivity contribution in [3.8, 4) is 16.9 Å². The number of nitrogens with zero attached hydrogens (tertiary/aromatic N) is 6. The van der Waals surface area contributed by atoms with Crippen LogP contribution in [0, 0.1) is 23.2 Å². The molecule has 4 aliphatic heterocycles. The number of nitrogens with one attached hydrogen (secondary N) is 1. The van der Waals surface area contributed by atoms with Gasteiger partial charge in [0.25, 0.3) is 6.43 Å². The number of hydrogen-bond donors (Lipinski definition) is 2. The van der Waals surface area contributed by atoms with Crippen molar-refractivity contribution in [1.82, 2.24) is 19.8 Å². The third-order valence-corrected chi connectivity index (χ3v) is 12.6. The van der Waals surface area contributed by atoms with E-state index < -0.39 is 13.0 Å². The summed E-state index contributed by atoms with van der Waals surface area (Å²) in [5.74, 6) is 1.91. The van der Waals surface area contributed by atoms with Crippen LogP contribution < -0.4 is 20.3 Å². The number of halogens is 2. The maximum Gasteiger partial charge on any atom is 0.272 e. The van der Waals surface area contributed by atoms with Crippen LogP contribution in [0.4, 0.5) is 26.2 Å². The lowest BCUT2D eigenvalue weighted by atomic mass is 9.72. The summed E-state index contributed by atoms with van der Waals surface area (Å²) in [6, 6.07) is 6.33. The van der Waals surface area contributed by atoms with Crippen LogP contribution in [0.2, 0.25) is 0 Å². The molecule has 268 valence electrons. The molecule has 2 aromatic carbocycles. The number of likely N-dealkylation sites (tertiary alicyclic amines) is 2. The smallest absolute Gasteiger partial charge is 0.272 e. The zero-order valence-corrected chi connectivity index (χ0v) is 29.3. The highest BCUT2D eigenvalue weighted by Crippen LogP contribution is 2.55. The van der Waals surface area contributed by atoms with Crippen molar-refractivity contribution in [3.05, 3.63) is 47.5 Å². The Balaban J connectivity index is 1.16. The summed E-state index contributed by atoms with van der Waals surface area (Å²) in [5.41, 5.74) is 12.0. The average Bonchev–Trinajstić information content (AvgIpc) is 4.00. The van der Waals surface area contributed by atoms with E-state index in [0.29, 0.717) is 45.5 Å². The van der Waals surface area contributed by atoms with Gasteiger partial charge in [0.1, 0.15) is 17.9 Å². The van der Waals surface area contributed by atoms with Crippen molar-refractivity contribution in [1.29, 1.82) is 5.41 Å². The number of benzene rings is 2. The van der Waals surface area contributed by atoms with E-state index in [9.17, 15) is 13.6 Å². The quantitative estimate of drug-likeness (QED) is 0.160. The first-order valence-electron chi connectivity index (χ1n) is 18.4. The van der Waals surface area contributed by atoms with Crippen LogP contribution in [0.25, 0.3) is 22.0 Å². The lowest BCUT2D eigenvalue weighted by molar-refractivity contribution is -0.139. The maximum absolute atomic E-state index is 14.0. The number of carbonyl (C=O) groups excluding carboxylic acids is 1. The third-order valence-electron chi connectivity index (χ3n) is 12.6. The van der Waals surface area contributed by atoms with Gasteiger partial charge in [0, 0.05) is 92.2 Å². The second-order valence-corrected chi connectivity index (χ2v) is 16.1. The summed E-state index contributed by atoms with van der Waals surface area (Å²) in [6.07, 6.45) is 6.43. The largest absolute Gasteiger partial charge is 0.485 e. The van der Waals surface area contributed by atoms with Crippen LogP contribution in [0.15, 0.2) is 30.9 Å². The van der Waals surface area contributed by atoms with Crippen LogP contribution in [0.1, 0.15) is 61.1 Å². The van der Waals surface area contributed by atoms with Crippen molar-refractivity contribution in [3.63, 3.8) is 0 Å². The van der Waals surface area contributed by atoms with Crippen molar-refractivity contribution in [2.75, 3.05) is 74.5 Å². The number of amides is 1. The first kappa shape index (κ1) is 32.6. The van der Waals surface area contributed by atoms with Gasteiger partial charge in [-0.1, -0.05) is 12.6 Å². The molecule has 1 aromatic heterocycles. The van der Waals surface area contributed by atoms with Gasteiger partial charge < -0.3 is 30.6 Å². The molecular formula is C39H46F2N8O2. The van der Waals surface area contributed by atoms with Crippen LogP contribution in [-0.4, -0.2) is 103 Å². The minimum absolute atomic E-state index is 0.0193. The fourth-order valence-electron chi connectivity index (χ4n) is 9.08. The molecule has 51 heavy (non-hydrogen) atoms. The molecule has 4 saturated heterocycles. The normalized spacial score (nSPS) is 22.2. The molecule has 6 aliphatic rings. The Morgan fingerprint density at radius 1 is 1.06 bits per heavy atom. The highest BCUT2D eigenvalue weighted by molar-refractivity contribution is 6.05. The number of hydrogen-bond acceptors (Lipinski definition) is 9.